The van der Waals surface area contributed by atoms with Gasteiger partial charge < -0.3 is 9.94 Å². The number of carbonyl (C=O) groups excluding carboxylic acids is 1. The Labute approximate surface area is 121 Å². The van der Waals surface area contributed by atoms with Crippen LogP contribution >= 0.6 is 0 Å². The highest BCUT2D eigenvalue weighted by Gasteiger charge is 2.15. The third kappa shape index (κ3) is 3.51. The molecule has 1 aromatic carbocycles. The smallest absolute Gasteiger partial charge is 0.275 e. The lowest BCUT2D eigenvalue weighted by atomic mass is 9.98. The summed E-state index contributed by atoms with van der Waals surface area (Å²) in [5, 5.41) is 21.6. The Balaban J connectivity index is 2.27. The summed E-state index contributed by atoms with van der Waals surface area (Å²) in [4.78, 5) is 12.4. The normalized spacial score (nSPS) is 10.4. The zero-order valence-corrected chi connectivity index (χ0v) is 11.6. The fourth-order valence-corrected chi connectivity index (χ4v) is 2.10. The molecule has 21 heavy (non-hydrogen) atoms. The molecule has 1 aromatic heterocycles. The number of hydrogen-bond acceptors (Lipinski definition) is 5. The van der Waals surface area contributed by atoms with Crippen LogP contribution in [-0.4, -0.2) is 26.3 Å². The number of nitrogens with one attached hydrogen (secondary N) is 1. The summed E-state index contributed by atoms with van der Waals surface area (Å²) in [5.41, 5.74) is 3.66. The van der Waals surface area contributed by atoms with Gasteiger partial charge in [0.2, 0.25) is 5.88 Å². The van der Waals surface area contributed by atoms with Crippen LogP contribution in [0.25, 0.3) is 0 Å². The fraction of sp³-hybridized carbons (Fsp3) is 0.286. The van der Waals surface area contributed by atoms with Crippen LogP contribution in [-0.2, 0) is 13.0 Å². The molecule has 0 aliphatic heterocycles. The maximum Gasteiger partial charge on any atom is 0.275 e. The van der Waals surface area contributed by atoms with Crippen molar-refractivity contribution < 1.29 is 19.9 Å². The SMILES string of the molecule is CCCc1cccc(C(=O)NO)c1COc1ccn(O)n1. The van der Waals surface area contributed by atoms with Crippen LogP contribution in [0, 0.1) is 0 Å². The van der Waals surface area contributed by atoms with Gasteiger partial charge in [-0.25, -0.2) is 5.48 Å². The maximum absolute atomic E-state index is 11.7. The Morgan fingerprint density at radius 2 is 2.24 bits per heavy atom. The van der Waals surface area contributed by atoms with E-state index in [0.717, 1.165) is 18.4 Å². The maximum atomic E-state index is 11.7. The van der Waals surface area contributed by atoms with Crippen LogP contribution in [0.2, 0.25) is 0 Å². The first-order valence-electron chi connectivity index (χ1n) is 6.58. The van der Waals surface area contributed by atoms with E-state index in [2.05, 4.69) is 5.10 Å². The molecule has 0 aliphatic rings. The van der Waals surface area contributed by atoms with Crippen LogP contribution in [0.5, 0.6) is 5.88 Å². The number of aryl methyl sites for hydroxylation is 1. The van der Waals surface area contributed by atoms with Crippen LogP contribution in [0.1, 0.15) is 34.8 Å². The van der Waals surface area contributed by atoms with E-state index < -0.39 is 5.91 Å². The topological polar surface area (TPSA) is 96.6 Å². The van der Waals surface area contributed by atoms with Crippen molar-refractivity contribution in [2.24, 2.45) is 0 Å². The molecule has 0 atom stereocenters. The molecular formula is C14H17N3O4. The highest BCUT2D eigenvalue weighted by atomic mass is 16.5. The largest absolute Gasteiger partial charge is 0.472 e. The molecule has 0 unspecified atom stereocenters. The molecular weight excluding hydrogens is 274 g/mol. The summed E-state index contributed by atoms with van der Waals surface area (Å²) in [7, 11) is 0. The van der Waals surface area contributed by atoms with Crippen LogP contribution < -0.4 is 10.2 Å². The molecule has 1 amide bonds. The standard InChI is InChI=1S/C14H17N3O4/c1-2-4-10-5-3-6-11(14(18)16-19)12(10)9-21-13-7-8-17(20)15-13/h3,5-8,19-20H,2,4,9H2,1H3,(H,16,18). The number of rotatable bonds is 6. The second-order valence-corrected chi connectivity index (χ2v) is 4.50. The van der Waals surface area contributed by atoms with E-state index in [9.17, 15) is 4.79 Å². The predicted octanol–water partition coefficient (Wildman–Crippen LogP) is 1.77. The first-order valence-corrected chi connectivity index (χ1v) is 6.58. The van der Waals surface area contributed by atoms with E-state index in [4.69, 9.17) is 15.2 Å². The number of hydroxylamine groups is 1. The average Bonchev–Trinajstić information content (AvgIpc) is 2.91. The van der Waals surface area contributed by atoms with E-state index in [0.29, 0.717) is 16.0 Å². The first-order chi connectivity index (χ1) is 10.2. The lowest BCUT2D eigenvalue weighted by molar-refractivity contribution is 0.0703. The molecule has 7 heteroatoms. The number of ether oxygens (including phenoxy) is 1. The molecule has 7 nitrogen and oxygen atoms in total. The number of nitrogens with zero attached hydrogens (tertiary/aromatic N) is 2. The quantitative estimate of drug-likeness (QED) is 0.428. The minimum Gasteiger partial charge on any atom is -0.472 e. The van der Waals surface area contributed by atoms with E-state index in [1.54, 1.807) is 17.6 Å². The minimum absolute atomic E-state index is 0.121. The lowest BCUT2D eigenvalue weighted by Gasteiger charge is -2.13. The number of amides is 1. The van der Waals surface area contributed by atoms with Gasteiger partial charge in [-0.1, -0.05) is 30.6 Å². The van der Waals surface area contributed by atoms with Crippen molar-refractivity contribution in [2.75, 3.05) is 0 Å². The second-order valence-electron chi connectivity index (χ2n) is 4.50. The van der Waals surface area contributed by atoms with Crippen molar-refractivity contribution in [1.82, 2.24) is 15.4 Å². The summed E-state index contributed by atoms with van der Waals surface area (Å²) >= 11 is 0. The minimum atomic E-state index is -0.584. The van der Waals surface area contributed by atoms with Gasteiger partial charge in [-0.05, 0) is 18.1 Å². The van der Waals surface area contributed by atoms with Crippen molar-refractivity contribution in [1.29, 1.82) is 0 Å². The zero-order chi connectivity index (χ0) is 15.2. The molecule has 3 N–H and O–H groups in total. The average molecular weight is 291 g/mol. The monoisotopic (exact) mass is 291 g/mol. The predicted molar refractivity (Wildman–Crippen MR) is 73.4 cm³/mol. The Bertz CT molecular complexity index is 624. The van der Waals surface area contributed by atoms with Crippen molar-refractivity contribution in [3.63, 3.8) is 0 Å². The highest BCUT2D eigenvalue weighted by Crippen LogP contribution is 2.19. The van der Waals surface area contributed by atoms with Gasteiger partial charge in [0.1, 0.15) is 6.61 Å². The van der Waals surface area contributed by atoms with E-state index >= 15 is 0 Å². The molecule has 2 rings (SSSR count). The van der Waals surface area contributed by atoms with Gasteiger partial charge in [-0.3, -0.25) is 10.0 Å². The van der Waals surface area contributed by atoms with Gasteiger partial charge in [-0.2, -0.15) is 0 Å². The van der Waals surface area contributed by atoms with Crippen molar-refractivity contribution in [3.8, 4) is 5.88 Å². The molecule has 1 heterocycles. The Morgan fingerprint density at radius 1 is 1.43 bits per heavy atom. The molecule has 0 radical (unpaired) electrons. The number of aromatic nitrogens is 2. The second kappa shape index (κ2) is 6.76. The van der Waals surface area contributed by atoms with Gasteiger partial charge in [0.25, 0.3) is 5.91 Å². The van der Waals surface area contributed by atoms with Gasteiger partial charge in [0, 0.05) is 17.2 Å². The fourth-order valence-electron chi connectivity index (χ4n) is 2.10. The molecule has 0 fully saturated rings. The number of hydrogen-bond donors (Lipinski definition) is 3. The third-order valence-corrected chi connectivity index (χ3v) is 3.05. The summed E-state index contributed by atoms with van der Waals surface area (Å²) in [6.07, 6.45) is 3.05. The van der Waals surface area contributed by atoms with E-state index in [1.165, 1.54) is 12.3 Å². The van der Waals surface area contributed by atoms with Gasteiger partial charge in [0.05, 0.1) is 6.20 Å². The van der Waals surface area contributed by atoms with Gasteiger partial charge in [-0.15, -0.1) is 4.85 Å². The summed E-state index contributed by atoms with van der Waals surface area (Å²) in [5.74, 6) is -0.335. The Hall–Kier alpha value is -2.54. The van der Waals surface area contributed by atoms with Crippen molar-refractivity contribution in [2.45, 2.75) is 26.4 Å². The summed E-state index contributed by atoms with van der Waals surface area (Å²) < 4.78 is 5.48. The van der Waals surface area contributed by atoms with Crippen LogP contribution in [0.3, 0.4) is 0 Å². The van der Waals surface area contributed by atoms with E-state index in [-0.39, 0.29) is 12.5 Å². The lowest BCUT2D eigenvalue weighted by Crippen LogP contribution is -2.21. The van der Waals surface area contributed by atoms with Gasteiger partial charge >= 0.3 is 0 Å². The number of carbonyl (C=O) groups is 1. The summed E-state index contributed by atoms with van der Waals surface area (Å²) in [6.45, 7) is 2.16. The first kappa shape index (κ1) is 14.9. The molecule has 0 bridgehead atoms. The molecule has 112 valence electrons. The van der Waals surface area contributed by atoms with Crippen LogP contribution in [0.15, 0.2) is 30.5 Å². The van der Waals surface area contributed by atoms with E-state index in [1.807, 2.05) is 13.0 Å². The molecule has 0 saturated heterocycles. The van der Waals surface area contributed by atoms with Gasteiger partial charge in [0.15, 0.2) is 0 Å². The van der Waals surface area contributed by atoms with Crippen molar-refractivity contribution >= 4 is 5.91 Å². The van der Waals surface area contributed by atoms with Crippen molar-refractivity contribution in [3.05, 3.63) is 47.2 Å². The Morgan fingerprint density at radius 3 is 2.86 bits per heavy atom. The molecule has 0 spiro atoms. The highest BCUT2D eigenvalue weighted by molar-refractivity contribution is 5.95. The van der Waals surface area contributed by atoms with Crippen LogP contribution in [0.4, 0.5) is 0 Å². The molecule has 0 saturated carbocycles. The molecule has 2 aromatic rings. The third-order valence-electron chi connectivity index (χ3n) is 3.05. The summed E-state index contributed by atoms with van der Waals surface area (Å²) in [6, 6.07) is 6.81. The molecule has 0 aliphatic carbocycles. The Kier molecular flexibility index (Phi) is 4.78. The number of benzene rings is 1. The zero-order valence-electron chi connectivity index (χ0n) is 11.6.